The second kappa shape index (κ2) is 3.35. The van der Waals surface area contributed by atoms with Crippen LogP contribution in [0, 0.1) is 0 Å². The second-order valence-electron chi connectivity index (χ2n) is 3.42. The molecule has 0 amide bonds. The predicted octanol–water partition coefficient (Wildman–Crippen LogP) is 3.02. The quantitative estimate of drug-likeness (QED) is 0.605. The van der Waals surface area contributed by atoms with Crippen molar-refractivity contribution < 1.29 is 9.15 Å². The first kappa shape index (κ1) is 9.42. The summed E-state index contributed by atoms with van der Waals surface area (Å²) in [5.74, 6) is 0.811. The molecular weight excluding hydrogens is 224 g/mol. The first-order valence-corrected chi connectivity index (χ1v) is 5.65. The van der Waals surface area contributed by atoms with Gasteiger partial charge in [0.1, 0.15) is 11.3 Å². The molecule has 1 aromatic carbocycles. The van der Waals surface area contributed by atoms with Gasteiger partial charge in [-0.05, 0) is 23.6 Å². The van der Waals surface area contributed by atoms with Gasteiger partial charge in [-0.3, -0.25) is 0 Å². The van der Waals surface area contributed by atoms with Gasteiger partial charge in [0.15, 0.2) is 0 Å². The van der Waals surface area contributed by atoms with Crippen molar-refractivity contribution in [3.05, 3.63) is 40.1 Å². The van der Waals surface area contributed by atoms with Gasteiger partial charge in [0.25, 0.3) is 0 Å². The molecule has 0 bridgehead atoms. The molecule has 3 aromatic rings. The highest BCUT2D eigenvalue weighted by Crippen LogP contribution is 2.36. The van der Waals surface area contributed by atoms with Crippen molar-refractivity contribution in [2.75, 3.05) is 7.11 Å². The van der Waals surface area contributed by atoms with Gasteiger partial charge >= 0.3 is 5.63 Å². The number of benzene rings is 1. The van der Waals surface area contributed by atoms with E-state index in [1.807, 2.05) is 17.5 Å². The molecule has 4 heteroatoms. The van der Waals surface area contributed by atoms with Gasteiger partial charge < -0.3 is 9.15 Å². The fourth-order valence-corrected chi connectivity index (χ4v) is 2.67. The summed E-state index contributed by atoms with van der Waals surface area (Å²) in [6.45, 7) is 0. The Labute approximate surface area is 94.9 Å². The molecule has 2 aromatic heterocycles. The van der Waals surface area contributed by atoms with Crippen molar-refractivity contribution in [1.82, 2.24) is 0 Å². The Kier molecular flexibility index (Phi) is 1.97. The Morgan fingerprint density at radius 2 is 2.19 bits per heavy atom. The Morgan fingerprint density at radius 3 is 3.00 bits per heavy atom. The van der Waals surface area contributed by atoms with Gasteiger partial charge in [0.2, 0.25) is 0 Å². The van der Waals surface area contributed by atoms with Crippen LogP contribution < -0.4 is 10.4 Å². The van der Waals surface area contributed by atoms with Crippen molar-refractivity contribution in [1.29, 1.82) is 0 Å². The highest BCUT2D eigenvalue weighted by molar-refractivity contribution is 7.17. The number of rotatable bonds is 1. The monoisotopic (exact) mass is 232 g/mol. The Bertz CT molecular complexity index is 724. The maximum Gasteiger partial charge on any atom is 0.336 e. The highest BCUT2D eigenvalue weighted by Gasteiger charge is 2.10. The second-order valence-corrected chi connectivity index (χ2v) is 4.33. The van der Waals surface area contributed by atoms with Crippen LogP contribution in [0.3, 0.4) is 0 Å². The van der Waals surface area contributed by atoms with Crippen LogP contribution in [-0.2, 0) is 0 Å². The largest absolute Gasteiger partial charge is 0.495 e. The lowest BCUT2D eigenvalue weighted by molar-refractivity contribution is 0.421. The molecule has 0 aliphatic carbocycles. The molecule has 0 aliphatic heterocycles. The standard InChI is InChI=1S/C12H8O3S/c1-14-9-6-7-2-3-10(13)15-11(7)8-4-5-16-12(8)9/h2-6H,1H3. The fraction of sp³-hybridized carbons (Fsp3) is 0.0833. The van der Waals surface area contributed by atoms with E-state index in [-0.39, 0.29) is 5.63 Å². The van der Waals surface area contributed by atoms with Crippen LogP contribution in [0.2, 0.25) is 0 Å². The third-order valence-corrected chi connectivity index (χ3v) is 3.43. The van der Waals surface area contributed by atoms with Gasteiger partial charge in [-0.25, -0.2) is 4.79 Å². The molecule has 16 heavy (non-hydrogen) atoms. The number of fused-ring (bicyclic) bond motifs is 3. The van der Waals surface area contributed by atoms with E-state index < -0.39 is 0 Å². The first-order valence-electron chi connectivity index (χ1n) is 4.77. The van der Waals surface area contributed by atoms with Crippen molar-refractivity contribution in [3.8, 4) is 5.75 Å². The van der Waals surface area contributed by atoms with Crippen LogP contribution in [0.25, 0.3) is 21.1 Å². The highest BCUT2D eigenvalue weighted by atomic mass is 32.1. The van der Waals surface area contributed by atoms with Crippen LogP contribution in [-0.4, -0.2) is 7.11 Å². The number of methoxy groups -OCH3 is 1. The predicted molar refractivity (Wildman–Crippen MR) is 64.4 cm³/mol. The molecule has 0 radical (unpaired) electrons. The average Bonchev–Trinajstić information content (AvgIpc) is 2.77. The Balaban J connectivity index is 2.59. The van der Waals surface area contributed by atoms with E-state index in [4.69, 9.17) is 9.15 Å². The fourth-order valence-electron chi connectivity index (χ4n) is 1.79. The molecule has 3 rings (SSSR count). The van der Waals surface area contributed by atoms with Crippen LogP contribution >= 0.6 is 11.3 Å². The van der Waals surface area contributed by atoms with Gasteiger partial charge in [0, 0.05) is 16.8 Å². The normalized spacial score (nSPS) is 11.1. The molecule has 3 nitrogen and oxygen atoms in total. The zero-order valence-electron chi connectivity index (χ0n) is 8.52. The maximum atomic E-state index is 11.2. The minimum Gasteiger partial charge on any atom is -0.495 e. The molecule has 80 valence electrons. The molecule has 0 saturated carbocycles. The molecule has 0 fully saturated rings. The lowest BCUT2D eigenvalue weighted by Crippen LogP contribution is -1.94. The number of ether oxygens (including phenoxy) is 1. The summed E-state index contributed by atoms with van der Waals surface area (Å²) in [7, 11) is 1.64. The summed E-state index contributed by atoms with van der Waals surface area (Å²) in [5.41, 5.74) is 0.301. The van der Waals surface area contributed by atoms with E-state index >= 15 is 0 Å². The smallest absolute Gasteiger partial charge is 0.336 e. The summed E-state index contributed by atoms with van der Waals surface area (Å²) in [6.07, 6.45) is 0. The summed E-state index contributed by atoms with van der Waals surface area (Å²) < 4.78 is 11.5. The van der Waals surface area contributed by atoms with Crippen molar-refractivity contribution in [3.63, 3.8) is 0 Å². The summed E-state index contributed by atoms with van der Waals surface area (Å²) in [4.78, 5) is 11.2. The van der Waals surface area contributed by atoms with Crippen LogP contribution in [0.5, 0.6) is 5.75 Å². The minimum atomic E-state index is -0.329. The third-order valence-electron chi connectivity index (χ3n) is 2.50. The molecule has 0 N–H and O–H groups in total. The SMILES string of the molecule is COc1cc2ccc(=O)oc2c2ccsc12. The van der Waals surface area contributed by atoms with E-state index in [1.54, 1.807) is 24.5 Å². The zero-order valence-corrected chi connectivity index (χ0v) is 9.34. The lowest BCUT2D eigenvalue weighted by Gasteiger charge is -2.03. The third kappa shape index (κ3) is 1.23. The molecule has 0 saturated heterocycles. The number of hydrogen-bond acceptors (Lipinski definition) is 4. The van der Waals surface area contributed by atoms with Crippen molar-refractivity contribution in [2.45, 2.75) is 0 Å². The van der Waals surface area contributed by atoms with Gasteiger partial charge in [-0.2, -0.15) is 0 Å². The molecule has 0 unspecified atom stereocenters. The maximum absolute atomic E-state index is 11.2. The average molecular weight is 232 g/mol. The molecule has 0 atom stereocenters. The molecule has 0 aliphatic rings. The van der Waals surface area contributed by atoms with Gasteiger partial charge in [-0.15, -0.1) is 11.3 Å². The van der Waals surface area contributed by atoms with Gasteiger partial charge in [0.05, 0.1) is 11.8 Å². The molecule has 0 spiro atoms. The molecular formula is C12H8O3S. The van der Waals surface area contributed by atoms with E-state index in [9.17, 15) is 4.79 Å². The van der Waals surface area contributed by atoms with E-state index in [1.165, 1.54) is 6.07 Å². The summed E-state index contributed by atoms with van der Waals surface area (Å²) >= 11 is 1.57. The Hall–Kier alpha value is -1.81. The minimum absolute atomic E-state index is 0.329. The van der Waals surface area contributed by atoms with Crippen LogP contribution in [0.1, 0.15) is 0 Å². The summed E-state index contributed by atoms with van der Waals surface area (Å²) in [6, 6.07) is 6.99. The van der Waals surface area contributed by atoms with Crippen LogP contribution in [0.15, 0.2) is 38.9 Å². The topological polar surface area (TPSA) is 39.4 Å². The lowest BCUT2D eigenvalue weighted by atomic mass is 10.1. The number of hydrogen-bond donors (Lipinski definition) is 0. The van der Waals surface area contributed by atoms with Crippen molar-refractivity contribution in [2.24, 2.45) is 0 Å². The van der Waals surface area contributed by atoms with E-state index in [2.05, 4.69) is 0 Å². The van der Waals surface area contributed by atoms with E-state index in [0.29, 0.717) is 5.58 Å². The molecule has 2 heterocycles. The zero-order chi connectivity index (χ0) is 11.1. The van der Waals surface area contributed by atoms with Crippen molar-refractivity contribution >= 4 is 32.4 Å². The van der Waals surface area contributed by atoms with Gasteiger partial charge in [-0.1, -0.05) is 0 Å². The Morgan fingerprint density at radius 1 is 1.31 bits per heavy atom. The van der Waals surface area contributed by atoms with E-state index in [0.717, 1.165) is 21.2 Å². The van der Waals surface area contributed by atoms with Crippen LogP contribution in [0.4, 0.5) is 0 Å². The first-order chi connectivity index (χ1) is 7.79. The summed E-state index contributed by atoms with van der Waals surface area (Å²) in [5, 5.41) is 3.76. The number of thiophene rings is 1.